The van der Waals surface area contributed by atoms with Crippen molar-refractivity contribution in [3.05, 3.63) is 83.7 Å². The van der Waals surface area contributed by atoms with E-state index in [-0.39, 0.29) is 5.91 Å². The molecule has 2 N–H and O–H groups in total. The summed E-state index contributed by atoms with van der Waals surface area (Å²) in [7, 11) is 0. The van der Waals surface area contributed by atoms with E-state index in [9.17, 15) is 28.2 Å². The number of amides is 1. The molecule has 35 heavy (non-hydrogen) atoms. The van der Waals surface area contributed by atoms with Gasteiger partial charge >= 0.3 is 6.18 Å². The first-order chi connectivity index (χ1) is 16.5. The maximum Gasteiger partial charge on any atom is 0.415 e. The van der Waals surface area contributed by atoms with Crippen molar-refractivity contribution >= 4 is 11.6 Å². The molecule has 0 unspecified atom stereocenters. The van der Waals surface area contributed by atoms with Crippen molar-refractivity contribution in [1.29, 1.82) is 0 Å². The van der Waals surface area contributed by atoms with Gasteiger partial charge in [-0.05, 0) is 48.9 Å². The Morgan fingerprint density at radius 1 is 1.23 bits per heavy atom. The second kappa shape index (κ2) is 10.9. The lowest BCUT2D eigenvalue weighted by Crippen LogP contribution is -2.33. The van der Waals surface area contributed by atoms with Gasteiger partial charge in [-0.2, -0.15) is 13.2 Å². The van der Waals surface area contributed by atoms with Crippen LogP contribution in [0.1, 0.15) is 31.2 Å². The summed E-state index contributed by atoms with van der Waals surface area (Å²) in [5.74, 6) is -0.114. The second-order valence-corrected chi connectivity index (χ2v) is 8.15. The Bertz CT molecular complexity index is 1160. The molecule has 0 aliphatic carbocycles. The van der Waals surface area contributed by atoms with Crippen molar-refractivity contribution in [2.75, 3.05) is 24.6 Å². The number of alkyl halides is 3. The monoisotopic (exact) mass is 487 g/mol. The van der Waals surface area contributed by atoms with E-state index in [1.807, 2.05) is 23.1 Å². The van der Waals surface area contributed by atoms with E-state index in [1.54, 1.807) is 36.1 Å². The molecule has 3 rings (SSSR count). The smallest absolute Gasteiger partial charge is 0.393 e. The summed E-state index contributed by atoms with van der Waals surface area (Å²) in [6.07, 6.45) is -1.59. The highest BCUT2D eigenvalue weighted by atomic mass is 19.4. The molecular formula is C26H28F3N3O3. The Hall–Kier alpha value is -3.43. The van der Waals surface area contributed by atoms with Crippen LogP contribution in [0.4, 0.5) is 18.9 Å². The third kappa shape index (κ3) is 6.17. The molecule has 2 heterocycles. The van der Waals surface area contributed by atoms with Crippen molar-refractivity contribution in [3.63, 3.8) is 0 Å². The van der Waals surface area contributed by atoms with E-state index in [1.165, 1.54) is 13.0 Å². The number of halogens is 3. The molecule has 1 aliphatic heterocycles. The van der Waals surface area contributed by atoms with E-state index >= 15 is 0 Å². The van der Waals surface area contributed by atoms with Gasteiger partial charge in [0.25, 0.3) is 0 Å². The largest absolute Gasteiger partial charge is 0.415 e. The second-order valence-electron chi connectivity index (χ2n) is 8.15. The van der Waals surface area contributed by atoms with Crippen LogP contribution in [0.2, 0.25) is 0 Å². The fraction of sp³-hybridized carbons (Fsp3) is 0.308. The van der Waals surface area contributed by atoms with Gasteiger partial charge in [0.2, 0.25) is 5.91 Å². The van der Waals surface area contributed by atoms with Gasteiger partial charge in [-0.25, -0.2) is 4.98 Å². The van der Waals surface area contributed by atoms with Gasteiger partial charge in [0.15, 0.2) is 0 Å². The Morgan fingerprint density at radius 2 is 1.97 bits per heavy atom. The Kier molecular flexibility index (Phi) is 8.14. The predicted molar refractivity (Wildman–Crippen MR) is 128 cm³/mol. The van der Waals surface area contributed by atoms with Crippen molar-refractivity contribution in [3.8, 4) is 11.3 Å². The number of hydrogen-bond donors (Lipinski definition) is 2. The molecular weight excluding hydrogens is 459 g/mol. The zero-order chi connectivity index (χ0) is 25.8. The molecule has 1 atom stereocenters. The summed E-state index contributed by atoms with van der Waals surface area (Å²) in [6, 6.07) is 10.7. The molecule has 1 aliphatic rings. The van der Waals surface area contributed by atoms with Gasteiger partial charge in [0.1, 0.15) is 6.10 Å². The molecule has 0 radical (unpaired) electrons. The SMILES string of the molecule is C=C(/C=C\C(=C/C)N1CCN(C(C)=O)Cc2cc(-c3cccc([C@H](O)CO)n3)ccc21)C(F)(F)F. The maximum absolute atomic E-state index is 12.9. The summed E-state index contributed by atoms with van der Waals surface area (Å²) < 4.78 is 38.8. The molecule has 186 valence electrons. The zero-order valence-electron chi connectivity index (χ0n) is 19.6. The minimum absolute atomic E-state index is 0.114. The number of rotatable bonds is 6. The van der Waals surface area contributed by atoms with Gasteiger partial charge in [0, 0.05) is 49.1 Å². The van der Waals surface area contributed by atoms with Crippen molar-refractivity contribution in [2.45, 2.75) is 32.7 Å². The normalized spacial score (nSPS) is 15.7. The first kappa shape index (κ1) is 26.2. The minimum Gasteiger partial charge on any atom is -0.393 e. The third-order valence-electron chi connectivity index (χ3n) is 5.78. The number of aliphatic hydroxyl groups excluding tert-OH is 2. The van der Waals surface area contributed by atoms with Crippen LogP contribution in [0.5, 0.6) is 0 Å². The molecule has 2 aromatic rings. The molecule has 0 saturated carbocycles. The number of carbonyl (C=O) groups excluding carboxylic acids is 1. The van der Waals surface area contributed by atoms with Crippen LogP contribution >= 0.6 is 0 Å². The Morgan fingerprint density at radius 3 is 2.60 bits per heavy atom. The number of anilines is 1. The van der Waals surface area contributed by atoms with Crippen LogP contribution in [0.15, 0.2) is 72.5 Å². The highest BCUT2D eigenvalue weighted by Crippen LogP contribution is 2.33. The van der Waals surface area contributed by atoms with Crippen LogP contribution in [0.25, 0.3) is 11.3 Å². The van der Waals surface area contributed by atoms with E-state index in [0.29, 0.717) is 36.7 Å². The molecule has 1 amide bonds. The van der Waals surface area contributed by atoms with Crippen LogP contribution < -0.4 is 4.90 Å². The number of hydrogen-bond acceptors (Lipinski definition) is 5. The average Bonchev–Trinajstić information content (AvgIpc) is 3.03. The quantitative estimate of drug-likeness (QED) is 0.586. The predicted octanol–water partition coefficient (Wildman–Crippen LogP) is 4.52. The molecule has 9 heteroatoms. The first-order valence-electron chi connectivity index (χ1n) is 11.1. The van der Waals surface area contributed by atoms with Gasteiger partial charge in [-0.15, -0.1) is 0 Å². The first-order valence-corrected chi connectivity index (χ1v) is 11.1. The van der Waals surface area contributed by atoms with Crippen molar-refractivity contribution in [2.24, 2.45) is 0 Å². The molecule has 6 nitrogen and oxygen atoms in total. The summed E-state index contributed by atoms with van der Waals surface area (Å²) >= 11 is 0. The average molecular weight is 488 g/mol. The number of nitrogens with zero attached hydrogens (tertiary/aromatic N) is 3. The number of allylic oxidation sites excluding steroid dienone is 4. The lowest BCUT2D eigenvalue weighted by Gasteiger charge is -2.26. The van der Waals surface area contributed by atoms with E-state index in [0.717, 1.165) is 22.9 Å². The summed E-state index contributed by atoms with van der Waals surface area (Å²) in [6.45, 7) is 6.96. The molecule has 0 fully saturated rings. The summed E-state index contributed by atoms with van der Waals surface area (Å²) in [5.41, 5.74) is 2.80. The highest BCUT2D eigenvalue weighted by molar-refractivity contribution is 5.75. The van der Waals surface area contributed by atoms with Crippen LogP contribution in [0, 0.1) is 0 Å². The number of benzene rings is 1. The zero-order valence-corrected chi connectivity index (χ0v) is 19.6. The van der Waals surface area contributed by atoms with Gasteiger partial charge in [-0.3, -0.25) is 4.79 Å². The van der Waals surface area contributed by atoms with Crippen LogP contribution in [-0.2, 0) is 11.3 Å². The number of carbonyl (C=O) groups is 1. The number of aromatic nitrogens is 1. The van der Waals surface area contributed by atoms with Crippen LogP contribution in [0.3, 0.4) is 0 Å². The molecule has 0 saturated heterocycles. The third-order valence-corrected chi connectivity index (χ3v) is 5.78. The lowest BCUT2D eigenvalue weighted by molar-refractivity contribution is -0.129. The summed E-state index contributed by atoms with van der Waals surface area (Å²) in [5, 5.41) is 19.2. The van der Waals surface area contributed by atoms with Gasteiger partial charge < -0.3 is 20.0 Å². The highest BCUT2D eigenvalue weighted by Gasteiger charge is 2.30. The lowest BCUT2D eigenvalue weighted by atomic mass is 10.0. The molecule has 1 aromatic heterocycles. The molecule has 0 spiro atoms. The standard InChI is InChI=1S/C26H28F3N3O3/c1-4-21(10-8-17(2)26(27,28)29)32-13-12-31(18(3)34)15-20-14-19(9-11-24(20)32)22-6-5-7-23(30-22)25(35)16-33/h4-11,14,25,33,35H,2,12-13,15-16H2,1,3H3/b10-8-,21-4+/t25-/m1/s1. The van der Waals surface area contributed by atoms with Crippen molar-refractivity contribution < 1.29 is 28.2 Å². The Labute approximate surface area is 202 Å². The minimum atomic E-state index is -4.52. The van der Waals surface area contributed by atoms with E-state index in [4.69, 9.17) is 0 Å². The van der Waals surface area contributed by atoms with Gasteiger partial charge in [0.05, 0.1) is 18.0 Å². The van der Waals surface area contributed by atoms with E-state index < -0.39 is 24.5 Å². The fourth-order valence-corrected chi connectivity index (χ4v) is 3.81. The fourth-order valence-electron chi connectivity index (χ4n) is 3.81. The maximum atomic E-state index is 12.9. The summed E-state index contributed by atoms with van der Waals surface area (Å²) in [4.78, 5) is 20.2. The molecule has 1 aromatic carbocycles. The topological polar surface area (TPSA) is 76.9 Å². The molecule has 0 bridgehead atoms. The number of aliphatic hydroxyl groups is 2. The van der Waals surface area contributed by atoms with Crippen molar-refractivity contribution in [1.82, 2.24) is 9.88 Å². The number of pyridine rings is 1. The Balaban J connectivity index is 2.04. The van der Waals surface area contributed by atoms with Crippen LogP contribution in [-0.4, -0.2) is 51.9 Å². The van der Waals surface area contributed by atoms with E-state index in [2.05, 4.69) is 11.6 Å². The number of fused-ring (bicyclic) bond motifs is 1. The van der Waals surface area contributed by atoms with Gasteiger partial charge in [-0.1, -0.05) is 24.8 Å².